The Kier molecular flexibility index (Phi) is 7.30. The van der Waals surface area contributed by atoms with Crippen LogP contribution in [0.3, 0.4) is 0 Å². The third kappa shape index (κ3) is 4.97. The Balaban J connectivity index is 1.89. The minimum Gasteiger partial charge on any atom is -0.317 e. The van der Waals surface area contributed by atoms with E-state index in [1.807, 2.05) is 47.2 Å². The van der Waals surface area contributed by atoms with E-state index >= 15 is 0 Å². The highest BCUT2D eigenvalue weighted by atomic mass is 32.1. The maximum Gasteiger partial charge on any atom is 0.330 e. The number of hydrogen-bond acceptors (Lipinski definition) is 6. The maximum atomic E-state index is 12.9. The van der Waals surface area contributed by atoms with Crippen molar-refractivity contribution in [1.29, 1.82) is 0 Å². The van der Waals surface area contributed by atoms with Gasteiger partial charge < -0.3 is 4.57 Å². The zero-order valence-corrected chi connectivity index (χ0v) is 21.3. The molecule has 4 rings (SSSR count). The van der Waals surface area contributed by atoms with Crippen molar-refractivity contribution in [2.75, 3.05) is 4.90 Å². The van der Waals surface area contributed by atoms with Gasteiger partial charge in [0.2, 0.25) is 5.91 Å². The summed E-state index contributed by atoms with van der Waals surface area (Å²) in [5.41, 5.74) is 1.11. The molecule has 9 nitrogen and oxygen atoms in total. The number of rotatable bonds is 9. The first-order valence-electron chi connectivity index (χ1n) is 11.9. The lowest BCUT2D eigenvalue weighted by Gasteiger charge is -2.17. The van der Waals surface area contributed by atoms with Crippen LogP contribution >= 0.6 is 11.3 Å². The molecule has 35 heavy (non-hydrogen) atoms. The van der Waals surface area contributed by atoms with E-state index in [1.54, 1.807) is 4.90 Å². The Morgan fingerprint density at radius 2 is 1.86 bits per heavy atom. The van der Waals surface area contributed by atoms with Crippen LogP contribution in [0.2, 0.25) is 0 Å². The van der Waals surface area contributed by atoms with Crippen molar-refractivity contribution < 1.29 is 4.79 Å². The number of fused-ring (bicyclic) bond motifs is 1. The van der Waals surface area contributed by atoms with Crippen LogP contribution in [0.4, 0.5) is 10.8 Å². The number of thiazole rings is 1. The summed E-state index contributed by atoms with van der Waals surface area (Å²) < 4.78 is 3.39. The summed E-state index contributed by atoms with van der Waals surface area (Å²) in [5, 5.41) is 2.35. The van der Waals surface area contributed by atoms with Crippen LogP contribution in [0.5, 0.6) is 0 Å². The number of aromatic nitrogens is 5. The number of benzene rings is 1. The third-order valence-electron chi connectivity index (χ3n) is 5.79. The van der Waals surface area contributed by atoms with Gasteiger partial charge in [0.25, 0.3) is 5.56 Å². The molecular formula is C25H30N6O3S. The first-order valence-corrected chi connectivity index (χ1v) is 12.7. The molecular weight excluding hydrogens is 464 g/mol. The molecule has 0 atom stereocenters. The smallest absolute Gasteiger partial charge is 0.317 e. The van der Waals surface area contributed by atoms with Gasteiger partial charge in [-0.05, 0) is 30.9 Å². The minimum atomic E-state index is -0.457. The predicted octanol–water partition coefficient (Wildman–Crippen LogP) is 4.54. The summed E-state index contributed by atoms with van der Waals surface area (Å²) in [7, 11) is 0. The number of carbonyl (C=O) groups is 1. The molecule has 0 unspecified atom stereocenters. The number of imidazole rings is 1. The maximum absolute atomic E-state index is 12.9. The molecule has 0 aliphatic carbocycles. The lowest BCUT2D eigenvalue weighted by atomic mass is 10.1. The molecule has 0 aliphatic heterocycles. The molecule has 0 aliphatic rings. The highest BCUT2D eigenvalue weighted by Crippen LogP contribution is 2.33. The Morgan fingerprint density at radius 1 is 1.11 bits per heavy atom. The molecule has 3 aromatic heterocycles. The number of para-hydroxylation sites is 1. The Hall–Kier alpha value is -3.53. The van der Waals surface area contributed by atoms with E-state index in [9.17, 15) is 14.4 Å². The summed E-state index contributed by atoms with van der Waals surface area (Å²) in [6.07, 6.45) is 2.52. The van der Waals surface area contributed by atoms with E-state index in [2.05, 4.69) is 18.8 Å². The van der Waals surface area contributed by atoms with E-state index in [4.69, 9.17) is 9.97 Å². The number of nitrogens with zero attached hydrogens (tertiary/aromatic N) is 5. The Morgan fingerprint density at radius 3 is 2.51 bits per heavy atom. The van der Waals surface area contributed by atoms with Gasteiger partial charge in [-0.2, -0.15) is 0 Å². The number of amides is 1. The van der Waals surface area contributed by atoms with E-state index in [1.165, 1.54) is 22.8 Å². The minimum absolute atomic E-state index is 0.157. The second-order valence-electron chi connectivity index (χ2n) is 8.91. The molecule has 0 fully saturated rings. The lowest BCUT2D eigenvalue weighted by Crippen LogP contribution is -2.31. The van der Waals surface area contributed by atoms with E-state index in [-0.39, 0.29) is 5.91 Å². The number of H-pyrrole nitrogens is 1. The van der Waals surface area contributed by atoms with Crippen LogP contribution in [0.1, 0.15) is 47.0 Å². The number of unbranched alkanes of at least 4 members (excludes halogenated alkanes) is 1. The van der Waals surface area contributed by atoms with Crippen molar-refractivity contribution in [3.63, 3.8) is 0 Å². The largest absolute Gasteiger partial charge is 0.330 e. The molecule has 0 spiro atoms. The van der Waals surface area contributed by atoms with Crippen LogP contribution < -0.4 is 16.1 Å². The van der Waals surface area contributed by atoms with Gasteiger partial charge >= 0.3 is 5.69 Å². The van der Waals surface area contributed by atoms with Crippen molar-refractivity contribution >= 4 is 39.2 Å². The fourth-order valence-corrected chi connectivity index (χ4v) is 4.84. The summed E-state index contributed by atoms with van der Waals surface area (Å²) in [5.74, 6) is 0.763. The van der Waals surface area contributed by atoms with E-state index in [0.29, 0.717) is 46.8 Å². The van der Waals surface area contributed by atoms with Crippen LogP contribution in [0.25, 0.3) is 22.7 Å². The normalized spacial score (nSPS) is 11.5. The van der Waals surface area contributed by atoms with Crippen LogP contribution in [0.15, 0.2) is 45.3 Å². The van der Waals surface area contributed by atoms with Gasteiger partial charge in [0.05, 0.1) is 5.69 Å². The molecule has 10 heteroatoms. The van der Waals surface area contributed by atoms with Gasteiger partial charge in [0.15, 0.2) is 22.1 Å². The van der Waals surface area contributed by atoms with Crippen LogP contribution in [-0.4, -0.2) is 30.0 Å². The monoisotopic (exact) mass is 494 g/mol. The molecule has 0 saturated heterocycles. The topological polar surface area (TPSA) is 106 Å². The Bertz CT molecular complexity index is 1450. The highest BCUT2D eigenvalue weighted by Gasteiger charge is 2.23. The molecule has 3 heterocycles. The lowest BCUT2D eigenvalue weighted by molar-refractivity contribution is -0.115. The highest BCUT2D eigenvalue weighted by molar-refractivity contribution is 7.14. The summed E-state index contributed by atoms with van der Waals surface area (Å²) >= 11 is 1.33. The summed E-state index contributed by atoms with van der Waals surface area (Å²) in [6.45, 7) is 8.80. The fourth-order valence-electron chi connectivity index (χ4n) is 3.97. The van der Waals surface area contributed by atoms with Gasteiger partial charge in [-0.3, -0.25) is 24.0 Å². The molecule has 184 valence electrons. The van der Waals surface area contributed by atoms with Crippen molar-refractivity contribution in [3.8, 4) is 11.5 Å². The van der Waals surface area contributed by atoms with Crippen molar-refractivity contribution in [3.05, 3.63) is 56.5 Å². The van der Waals surface area contributed by atoms with Gasteiger partial charge in [-0.25, -0.2) is 14.8 Å². The fraction of sp³-hybridized carbons (Fsp3) is 0.400. The number of anilines is 2. The van der Waals surface area contributed by atoms with E-state index in [0.717, 1.165) is 24.9 Å². The molecule has 1 N–H and O–H groups in total. The van der Waals surface area contributed by atoms with Gasteiger partial charge in [-0.15, -0.1) is 11.3 Å². The van der Waals surface area contributed by atoms with Crippen LogP contribution in [0, 0.1) is 5.92 Å². The van der Waals surface area contributed by atoms with Gasteiger partial charge in [0, 0.05) is 25.4 Å². The second-order valence-corrected chi connectivity index (χ2v) is 9.75. The summed E-state index contributed by atoms with van der Waals surface area (Å²) in [4.78, 5) is 51.6. The average Bonchev–Trinajstić information content (AvgIpc) is 3.43. The van der Waals surface area contributed by atoms with Crippen LogP contribution in [-0.2, 0) is 17.9 Å². The number of nitrogens with one attached hydrogen (secondary N) is 1. The standard InChI is InChI=1S/C25H30N6O3S/c1-5-6-13-30-22-20(23(33)28-24(30)34)29(14-12-16(2)3)21(27-22)19-15-35-25(26-19)31(17(4)32)18-10-8-7-9-11-18/h7-11,15-16H,5-6,12-14H2,1-4H3,(H,28,33,34). The van der Waals surface area contributed by atoms with E-state index < -0.39 is 11.2 Å². The number of hydrogen-bond donors (Lipinski definition) is 1. The molecule has 0 saturated carbocycles. The first kappa shape index (κ1) is 24.6. The number of aromatic amines is 1. The zero-order chi connectivity index (χ0) is 25.1. The Labute approximate surface area is 207 Å². The molecule has 0 bridgehead atoms. The molecule has 1 amide bonds. The second kappa shape index (κ2) is 10.4. The van der Waals surface area contributed by atoms with Gasteiger partial charge in [0.1, 0.15) is 5.69 Å². The SMILES string of the molecule is CCCCn1c(=O)[nH]c(=O)c2c1nc(-c1csc(N(C(C)=O)c3ccccc3)n1)n2CCC(C)C. The van der Waals surface area contributed by atoms with Crippen molar-refractivity contribution in [1.82, 2.24) is 24.1 Å². The van der Waals surface area contributed by atoms with Crippen molar-refractivity contribution in [2.45, 2.75) is 60.0 Å². The molecule has 0 radical (unpaired) electrons. The average molecular weight is 495 g/mol. The first-order chi connectivity index (χ1) is 16.8. The summed E-state index contributed by atoms with van der Waals surface area (Å²) in [6, 6.07) is 9.33. The predicted molar refractivity (Wildman–Crippen MR) is 139 cm³/mol. The molecule has 4 aromatic rings. The third-order valence-corrected chi connectivity index (χ3v) is 6.62. The number of carbonyl (C=O) groups excluding carboxylic acids is 1. The van der Waals surface area contributed by atoms with Gasteiger partial charge in [-0.1, -0.05) is 45.4 Å². The zero-order valence-electron chi connectivity index (χ0n) is 20.4. The van der Waals surface area contributed by atoms with Crippen molar-refractivity contribution in [2.24, 2.45) is 5.92 Å². The quantitative estimate of drug-likeness (QED) is 0.368. The molecule has 1 aromatic carbocycles. The number of aryl methyl sites for hydroxylation is 2.